The van der Waals surface area contributed by atoms with Crippen LogP contribution in [0.25, 0.3) is 0 Å². The Kier molecular flexibility index (Phi) is 5.05. The van der Waals surface area contributed by atoms with E-state index in [9.17, 15) is 4.79 Å². The van der Waals surface area contributed by atoms with Crippen molar-refractivity contribution in [2.75, 3.05) is 11.4 Å². The molecule has 0 atom stereocenters. The maximum absolute atomic E-state index is 14.2. The number of hydrogen-bond acceptors (Lipinski definition) is 5. The lowest BCUT2D eigenvalue weighted by Gasteiger charge is -2.45. The molecule has 6 rings (SSSR count). The molecule has 0 spiro atoms. The zero-order valence-electron chi connectivity index (χ0n) is 17.1. The summed E-state index contributed by atoms with van der Waals surface area (Å²) >= 11 is 5.09. The second kappa shape index (κ2) is 8.07. The number of para-hydroxylation sites is 2. The molecule has 0 fully saturated rings. The highest BCUT2D eigenvalue weighted by molar-refractivity contribution is 8.19. The molecule has 32 heavy (non-hydrogen) atoms. The van der Waals surface area contributed by atoms with Crippen molar-refractivity contribution in [3.05, 3.63) is 109 Å². The van der Waals surface area contributed by atoms with Gasteiger partial charge in [-0.15, -0.1) is 0 Å². The van der Waals surface area contributed by atoms with Gasteiger partial charge in [0.05, 0.1) is 17.9 Å². The van der Waals surface area contributed by atoms with Crippen LogP contribution in [0.15, 0.2) is 123 Å². The molecule has 4 aromatic carbocycles. The third-order valence-electron chi connectivity index (χ3n) is 5.65. The molecule has 4 aromatic rings. The minimum absolute atomic E-state index is 0.188. The standard InChI is InChI=1S/C27H19NOS3/c29-26-21-14-9-17-24-25(21)28(22-15-7-8-16-23(22)30-24)18-27(26,31-19-10-3-1-4-11-19)32-20-12-5-2-6-13-20/h1-17H,18H2. The first-order chi connectivity index (χ1) is 15.7. The number of ketones is 1. The molecule has 156 valence electrons. The Morgan fingerprint density at radius 3 is 1.97 bits per heavy atom. The lowest BCUT2D eigenvalue weighted by molar-refractivity contribution is 0.0976. The van der Waals surface area contributed by atoms with Gasteiger partial charge in [-0.05, 0) is 48.5 Å². The van der Waals surface area contributed by atoms with E-state index in [1.807, 2.05) is 48.5 Å². The second-order valence-corrected chi connectivity index (χ2v) is 11.8. The number of fused-ring (bicyclic) bond motifs is 2. The Hall–Kier alpha value is -2.60. The van der Waals surface area contributed by atoms with E-state index < -0.39 is 4.08 Å². The minimum atomic E-state index is -0.705. The molecule has 5 heteroatoms. The maximum atomic E-state index is 14.2. The van der Waals surface area contributed by atoms with Crippen molar-refractivity contribution in [2.45, 2.75) is 23.7 Å². The average Bonchev–Trinajstić information content (AvgIpc) is 2.83. The van der Waals surface area contributed by atoms with Crippen LogP contribution in [0.5, 0.6) is 0 Å². The van der Waals surface area contributed by atoms with E-state index in [4.69, 9.17) is 0 Å². The van der Waals surface area contributed by atoms with E-state index in [1.165, 1.54) is 10.6 Å². The second-order valence-electron chi connectivity index (χ2n) is 7.72. The van der Waals surface area contributed by atoms with Crippen LogP contribution in [-0.4, -0.2) is 16.4 Å². The Morgan fingerprint density at radius 1 is 0.688 bits per heavy atom. The highest BCUT2D eigenvalue weighted by Gasteiger charge is 2.49. The molecule has 2 aliphatic heterocycles. The SMILES string of the molecule is O=C1c2cccc3c2N(CC1(Sc1ccccc1)Sc1ccccc1)c1ccccc1S3. The zero-order chi connectivity index (χ0) is 21.5. The molecule has 2 heterocycles. The van der Waals surface area contributed by atoms with E-state index in [-0.39, 0.29) is 5.78 Å². The average molecular weight is 470 g/mol. The third-order valence-corrected chi connectivity index (χ3v) is 9.57. The fourth-order valence-corrected chi connectivity index (χ4v) is 8.27. The number of benzene rings is 4. The molecular weight excluding hydrogens is 451 g/mol. The zero-order valence-corrected chi connectivity index (χ0v) is 19.6. The van der Waals surface area contributed by atoms with Gasteiger partial charge < -0.3 is 4.90 Å². The van der Waals surface area contributed by atoms with Gasteiger partial charge in [-0.1, -0.05) is 89.9 Å². The summed E-state index contributed by atoms with van der Waals surface area (Å²) in [5.74, 6) is 0.188. The van der Waals surface area contributed by atoms with E-state index in [1.54, 1.807) is 35.3 Å². The molecule has 2 aliphatic rings. The van der Waals surface area contributed by atoms with E-state index >= 15 is 0 Å². The predicted molar refractivity (Wildman–Crippen MR) is 136 cm³/mol. The minimum Gasteiger partial charge on any atom is -0.336 e. The highest BCUT2D eigenvalue weighted by atomic mass is 32.2. The lowest BCUT2D eigenvalue weighted by atomic mass is 9.98. The summed E-state index contributed by atoms with van der Waals surface area (Å²) in [4.78, 5) is 21.2. The number of carbonyl (C=O) groups is 1. The van der Waals surface area contributed by atoms with Crippen molar-refractivity contribution < 1.29 is 4.79 Å². The monoisotopic (exact) mass is 469 g/mol. The normalized spacial score (nSPS) is 15.8. The van der Waals surface area contributed by atoms with Gasteiger partial charge in [-0.3, -0.25) is 4.79 Å². The summed E-state index contributed by atoms with van der Waals surface area (Å²) in [5.41, 5.74) is 3.04. The Morgan fingerprint density at radius 2 is 1.28 bits per heavy atom. The quantitative estimate of drug-likeness (QED) is 0.284. The number of nitrogens with zero attached hydrogens (tertiary/aromatic N) is 1. The van der Waals surface area contributed by atoms with Crippen LogP contribution in [0, 0.1) is 0 Å². The fraction of sp³-hybridized carbons (Fsp3) is 0.0741. The smallest absolute Gasteiger partial charge is 0.193 e. The Labute approximate surface area is 200 Å². The summed E-state index contributed by atoms with van der Waals surface area (Å²) in [5, 5.41) is 0. The molecule has 2 nitrogen and oxygen atoms in total. The number of rotatable bonds is 4. The molecule has 0 radical (unpaired) electrons. The predicted octanol–water partition coefficient (Wildman–Crippen LogP) is 7.77. The van der Waals surface area contributed by atoms with Gasteiger partial charge in [-0.25, -0.2) is 0 Å². The summed E-state index contributed by atoms with van der Waals surface area (Å²) in [6.07, 6.45) is 0. The van der Waals surface area contributed by atoms with Gasteiger partial charge in [0.25, 0.3) is 0 Å². The largest absolute Gasteiger partial charge is 0.336 e. The number of anilines is 2. The summed E-state index contributed by atoms with van der Waals surface area (Å²) in [6.45, 7) is 0.604. The summed E-state index contributed by atoms with van der Waals surface area (Å²) in [6, 6.07) is 35.2. The molecule has 0 bridgehead atoms. The van der Waals surface area contributed by atoms with Crippen LogP contribution in [0.3, 0.4) is 0 Å². The van der Waals surface area contributed by atoms with Crippen LogP contribution in [0.2, 0.25) is 0 Å². The number of hydrogen-bond donors (Lipinski definition) is 0. The molecule has 0 aliphatic carbocycles. The molecule has 0 saturated carbocycles. The first-order valence-electron chi connectivity index (χ1n) is 10.4. The van der Waals surface area contributed by atoms with Gasteiger partial charge >= 0.3 is 0 Å². The van der Waals surface area contributed by atoms with Crippen LogP contribution >= 0.6 is 35.3 Å². The lowest BCUT2D eigenvalue weighted by Crippen LogP contribution is -2.48. The number of carbonyl (C=O) groups excluding carboxylic acids is 1. The number of Topliss-reactive ketones (excluding diaryl/α,β-unsaturated/α-hetero) is 1. The van der Waals surface area contributed by atoms with Crippen molar-refractivity contribution in [1.29, 1.82) is 0 Å². The van der Waals surface area contributed by atoms with Crippen LogP contribution < -0.4 is 4.90 Å². The topological polar surface area (TPSA) is 20.3 Å². The van der Waals surface area contributed by atoms with Crippen LogP contribution in [-0.2, 0) is 0 Å². The van der Waals surface area contributed by atoms with E-state index in [2.05, 4.69) is 59.5 Å². The molecule has 0 unspecified atom stereocenters. The fourth-order valence-electron chi connectivity index (χ4n) is 4.26. The summed E-state index contributed by atoms with van der Waals surface area (Å²) < 4.78 is -0.705. The van der Waals surface area contributed by atoms with Gasteiger partial charge in [0, 0.05) is 25.1 Å². The van der Waals surface area contributed by atoms with Crippen molar-refractivity contribution in [2.24, 2.45) is 0 Å². The van der Waals surface area contributed by atoms with Crippen LogP contribution in [0.4, 0.5) is 11.4 Å². The first-order valence-corrected chi connectivity index (χ1v) is 12.9. The van der Waals surface area contributed by atoms with Crippen molar-refractivity contribution >= 4 is 52.4 Å². The Balaban J connectivity index is 1.54. The molecule has 0 saturated heterocycles. The van der Waals surface area contributed by atoms with Crippen molar-refractivity contribution in [1.82, 2.24) is 0 Å². The van der Waals surface area contributed by atoms with E-state index in [0.29, 0.717) is 6.54 Å². The van der Waals surface area contributed by atoms with Crippen LogP contribution in [0.1, 0.15) is 10.4 Å². The molecule has 0 aromatic heterocycles. The van der Waals surface area contributed by atoms with Crippen molar-refractivity contribution in [3.8, 4) is 0 Å². The van der Waals surface area contributed by atoms with Gasteiger partial charge in [0.2, 0.25) is 0 Å². The van der Waals surface area contributed by atoms with Crippen molar-refractivity contribution in [3.63, 3.8) is 0 Å². The van der Waals surface area contributed by atoms with Gasteiger partial charge in [-0.2, -0.15) is 0 Å². The van der Waals surface area contributed by atoms with Gasteiger partial charge in [0.1, 0.15) is 0 Å². The van der Waals surface area contributed by atoms with Gasteiger partial charge in [0.15, 0.2) is 9.86 Å². The Bertz CT molecular complexity index is 1270. The number of thioether (sulfide) groups is 2. The van der Waals surface area contributed by atoms with E-state index in [0.717, 1.165) is 25.9 Å². The molecule has 0 amide bonds. The first kappa shape index (κ1) is 20.0. The molecular formula is C27H19NOS3. The molecule has 0 N–H and O–H groups in total. The maximum Gasteiger partial charge on any atom is 0.193 e. The highest BCUT2D eigenvalue weighted by Crippen LogP contribution is 2.58. The third kappa shape index (κ3) is 3.36. The summed E-state index contributed by atoms with van der Waals surface area (Å²) in [7, 11) is 0.